The maximum absolute atomic E-state index is 13.3. The van der Waals surface area contributed by atoms with Crippen LogP contribution in [-0.4, -0.2) is 22.8 Å². The van der Waals surface area contributed by atoms with Crippen LogP contribution in [0.1, 0.15) is 19.4 Å². The quantitative estimate of drug-likeness (QED) is 0.741. The summed E-state index contributed by atoms with van der Waals surface area (Å²) in [5.41, 5.74) is 0.844. The van der Waals surface area contributed by atoms with Crippen molar-refractivity contribution in [1.29, 1.82) is 0 Å². The first-order valence-corrected chi connectivity index (χ1v) is 6.79. The molecular weight excluding hydrogens is 292 g/mol. The largest absolute Gasteiger partial charge is 0.296 e. The molecule has 4 heteroatoms. The molecule has 0 aromatic heterocycles. The molecule has 16 heavy (non-hydrogen) atoms. The second-order valence-electron chi connectivity index (χ2n) is 3.97. The van der Waals surface area contributed by atoms with Crippen molar-refractivity contribution in [3.05, 3.63) is 34.6 Å². The SMILES string of the molecule is CC(C)N(CCBr)Cc1cccc(F)c1Cl. The number of hydrogen-bond acceptors (Lipinski definition) is 1. The van der Waals surface area contributed by atoms with Crippen LogP contribution in [0.15, 0.2) is 18.2 Å². The van der Waals surface area contributed by atoms with Gasteiger partial charge < -0.3 is 0 Å². The van der Waals surface area contributed by atoms with Gasteiger partial charge in [-0.1, -0.05) is 39.7 Å². The van der Waals surface area contributed by atoms with E-state index in [0.29, 0.717) is 12.6 Å². The van der Waals surface area contributed by atoms with Crippen LogP contribution in [0, 0.1) is 5.82 Å². The first kappa shape index (κ1) is 13.9. The molecule has 90 valence electrons. The first-order chi connectivity index (χ1) is 7.56. The Hall–Kier alpha value is -0.120. The Morgan fingerprint density at radius 1 is 1.44 bits per heavy atom. The molecule has 1 aromatic carbocycles. The summed E-state index contributed by atoms with van der Waals surface area (Å²) in [7, 11) is 0. The predicted molar refractivity (Wildman–Crippen MR) is 70.8 cm³/mol. The average Bonchev–Trinajstić information content (AvgIpc) is 2.23. The molecule has 1 nitrogen and oxygen atoms in total. The highest BCUT2D eigenvalue weighted by molar-refractivity contribution is 9.09. The number of nitrogens with zero attached hydrogens (tertiary/aromatic N) is 1. The van der Waals surface area contributed by atoms with Gasteiger partial charge in [0.25, 0.3) is 0 Å². The van der Waals surface area contributed by atoms with Gasteiger partial charge in [-0.05, 0) is 25.5 Å². The van der Waals surface area contributed by atoms with Crippen LogP contribution in [-0.2, 0) is 6.54 Å². The Balaban J connectivity index is 2.81. The number of hydrogen-bond donors (Lipinski definition) is 0. The molecule has 0 saturated heterocycles. The van der Waals surface area contributed by atoms with E-state index in [2.05, 4.69) is 34.7 Å². The number of benzene rings is 1. The minimum atomic E-state index is -0.346. The molecule has 1 aromatic rings. The number of alkyl halides is 1. The smallest absolute Gasteiger partial charge is 0.142 e. The van der Waals surface area contributed by atoms with E-state index in [1.54, 1.807) is 6.07 Å². The van der Waals surface area contributed by atoms with Crippen molar-refractivity contribution in [2.75, 3.05) is 11.9 Å². The maximum Gasteiger partial charge on any atom is 0.142 e. The minimum absolute atomic E-state index is 0.239. The van der Waals surface area contributed by atoms with Gasteiger partial charge in [0, 0.05) is 24.5 Å². The fraction of sp³-hybridized carbons (Fsp3) is 0.500. The summed E-state index contributed by atoms with van der Waals surface area (Å²) in [6, 6.07) is 5.37. The van der Waals surface area contributed by atoms with E-state index in [4.69, 9.17) is 11.6 Å². The van der Waals surface area contributed by atoms with Crippen molar-refractivity contribution < 1.29 is 4.39 Å². The van der Waals surface area contributed by atoms with E-state index in [1.165, 1.54) is 6.07 Å². The van der Waals surface area contributed by atoms with Gasteiger partial charge in [0.2, 0.25) is 0 Å². The summed E-state index contributed by atoms with van der Waals surface area (Å²) in [4.78, 5) is 2.25. The average molecular weight is 309 g/mol. The molecule has 0 aliphatic rings. The molecule has 0 atom stereocenters. The topological polar surface area (TPSA) is 3.24 Å². The lowest BCUT2D eigenvalue weighted by Gasteiger charge is -2.26. The lowest BCUT2D eigenvalue weighted by atomic mass is 10.2. The molecular formula is C12H16BrClFN. The zero-order chi connectivity index (χ0) is 12.1. The molecule has 0 heterocycles. The molecule has 1 rings (SSSR count). The molecule has 0 aliphatic heterocycles. The lowest BCUT2D eigenvalue weighted by Crippen LogP contribution is -2.32. The third-order valence-electron chi connectivity index (χ3n) is 2.51. The molecule has 0 bridgehead atoms. The van der Waals surface area contributed by atoms with Crippen molar-refractivity contribution in [2.45, 2.75) is 26.4 Å². The molecule has 0 amide bonds. The fourth-order valence-electron chi connectivity index (χ4n) is 1.52. The molecule has 0 aliphatic carbocycles. The fourth-order valence-corrected chi connectivity index (χ4v) is 2.16. The van der Waals surface area contributed by atoms with Crippen LogP contribution in [0.2, 0.25) is 5.02 Å². The van der Waals surface area contributed by atoms with Gasteiger partial charge in [-0.15, -0.1) is 0 Å². The van der Waals surface area contributed by atoms with E-state index in [1.807, 2.05) is 6.07 Å². The minimum Gasteiger partial charge on any atom is -0.296 e. The van der Waals surface area contributed by atoms with Crippen LogP contribution in [0.3, 0.4) is 0 Å². The Kier molecular flexibility index (Phi) is 5.73. The molecule has 0 radical (unpaired) electrons. The third kappa shape index (κ3) is 3.72. The highest BCUT2D eigenvalue weighted by Crippen LogP contribution is 2.21. The molecule has 0 spiro atoms. The van der Waals surface area contributed by atoms with E-state index in [9.17, 15) is 4.39 Å². The van der Waals surface area contributed by atoms with Crippen molar-refractivity contribution in [1.82, 2.24) is 4.90 Å². The summed E-state index contributed by atoms with van der Waals surface area (Å²) >= 11 is 9.34. The van der Waals surface area contributed by atoms with E-state index in [-0.39, 0.29) is 10.8 Å². The summed E-state index contributed by atoms with van der Waals surface area (Å²) in [6.45, 7) is 5.84. The van der Waals surface area contributed by atoms with Gasteiger partial charge in [0.15, 0.2) is 0 Å². The Morgan fingerprint density at radius 3 is 2.69 bits per heavy atom. The first-order valence-electron chi connectivity index (χ1n) is 5.29. The molecule has 0 unspecified atom stereocenters. The zero-order valence-electron chi connectivity index (χ0n) is 9.51. The van der Waals surface area contributed by atoms with Gasteiger partial charge in [-0.25, -0.2) is 4.39 Å². The lowest BCUT2D eigenvalue weighted by molar-refractivity contribution is 0.227. The monoisotopic (exact) mass is 307 g/mol. The molecule has 0 saturated carbocycles. The summed E-state index contributed by atoms with van der Waals surface area (Å²) in [6.07, 6.45) is 0. The Labute approximate surface area is 110 Å². The van der Waals surface area contributed by atoms with Gasteiger partial charge in [-0.2, -0.15) is 0 Å². The summed E-state index contributed by atoms with van der Waals surface area (Å²) in [5.74, 6) is -0.346. The van der Waals surface area contributed by atoms with Crippen LogP contribution < -0.4 is 0 Å². The van der Waals surface area contributed by atoms with Crippen LogP contribution >= 0.6 is 27.5 Å². The summed E-state index contributed by atoms with van der Waals surface area (Å²) < 4.78 is 13.3. The van der Waals surface area contributed by atoms with Crippen molar-refractivity contribution in [3.63, 3.8) is 0 Å². The highest BCUT2D eigenvalue weighted by Gasteiger charge is 2.12. The van der Waals surface area contributed by atoms with Crippen molar-refractivity contribution in [2.24, 2.45) is 0 Å². The summed E-state index contributed by atoms with van der Waals surface area (Å²) in [5, 5.41) is 1.14. The Bertz CT molecular complexity index is 344. The second-order valence-corrected chi connectivity index (χ2v) is 5.14. The van der Waals surface area contributed by atoms with Crippen LogP contribution in [0.25, 0.3) is 0 Å². The third-order valence-corrected chi connectivity index (χ3v) is 3.28. The Morgan fingerprint density at radius 2 is 2.12 bits per heavy atom. The van der Waals surface area contributed by atoms with Gasteiger partial charge in [0.1, 0.15) is 5.82 Å². The normalized spacial score (nSPS) is 11.4. The highest BCUT2D eigenvalue weighted by atomic mass is 79.9. The zero-order valence-corrected chi connectivity index (χ0v) is 11.9. The number of halogens is 3. The van der Waals surface area contributed by atoms with Gasteiger partial charge in [-0.3, -0.25) is 4.90 Å². The second kappa shape index (κ2) is 6.58. The van der Waals surface area contributed by atoms with E-state index in [0.717, 1.165) is 17.4 Å². The molecule has 0 N–H and O–H groups in total. The predicted octanol–water partition coefficient (Wildman–Crippen LogP) is 4.08. The standard InChI is InChI=1S/C12H16BrClFN/c1-9(2)16(7-6-13)8-10-4-3-5-11(15)12(10)14/h3-5,9H,6-8H2,1-2H3. The van der Waals surface area contributed by atoms with E-state index >= 15 is 0 Å². The van der Waals surface area contributed by atoms with Crippen LogP contribution in [0.4, 0.5) is 4.39 Å². The molecule has 0 fully saturated rings. The van der Waals surface area contributed by atoms with E-state index < -0.39 is 0 Å². The number of rotatable bonds is 5. The van der Waals surface area contributed by atoms with Gasteiger partial charge in [0.05, 0.1) is 5.02 Å². The maximum atomic E-state index is 13.3. The van der Waals surface area contributed by atoms with Gasteiger partial charge >= 0.3 is 0 Å². The van der Waals surface area contributed by atoms with Crippen molar-refractivity contribution in [3.8, 4) is 0 Å². The van der Waals surface area contributed by atoms with Crippen LogP contribution in [0.5, 0.6) is 0 Å². The van der Waals surface area contributed by atoms with Crippen molar-refractivity contribution >= 4 is 27.5 Å².